The summed E-state index contributed by atoms with van der Waals surface area (Å²) in [5.41, 5.74) is 7.81. The first-order valence-electron chi connectivity index (χ1n) is 3.94. The molecule has 0 bridgehead atoms. The lowest BCUT2D eigenvalue weighted by Gasteiger charge is -1.98. The topological polar surface area (TPSA) is 38.9 Å². The van der Waals surface area contributed by atoms with Crippen LogP contribution in [-0.4, -0.2) is 11.5 Å². The summed E-state index contributed by atoms with van der Waals surface area (Å²) < 4.78 is 0. The first-order valence-corrected chi connectivity index (χ1v) is 3.94. The largest absolute Gasteiger partial charge is 0.330 e. The summed E-state index contributed by atoms with van der Waals surface area (Å²) in [4.78, 5) is 4.22. The van der Waals surface area contributed by atoms with Gasteiger partial charge >= 0.3 is 0 Å². The third kappa shape index (κ3) is 3.69. The lowest BCUT2D eigenvalue weighted by molar-refractivity contribution is 0.809. The fourth-order valence-electron chi connectivity index (χ4n) is 1.02. The number of halogens is 1. The van der Waals surface area contributed by atoms with Crippen molar-refractivity contribution < 1.29 is 0 Å². The maximum atomic E-state index is 5.39. The third-order valence-corrected chi connectivity index (χ3v) is 1.61. The number of aryl methyl sites for hydroxylation is 2. The molecule has 3 heteroatoms. The van der Waals surface area contributed by atoms with Gasteiger partial charge in [-0.1, -0.05) is 0 Å². The molecule has 0 saturated carbocycles. The minimum atomic E-state index is 0. The standard InChI is InChI=1S/C9H14N2.ClH/c1-8-4-6-11-9(7-8)3-2-5-10;/h4,6-7H,2-3,5,10H2,1H3;1H. The number of nitrogens with zero attached hydrogens (tertiary/aromatic N) is 1. The van der Waals surface area contributed by atoms with Gasteiger partial charge in [-0.15, -0.1) is 12.4 Å². The highest BCUT2D eigenvalue weighted by Gasteiger charge is 1.92. The predicted octanol–water partition coefficient (Wildman–Crippen LogP) is 1.70. The van der Waals surface area contributed by atoms with Crippen molar-refractivity contribution in [1.29, 1.82) is 0 Å². The van der Waals surface area contributed by atoms with Crippen molar-refractivity contribution in [2.45, 2.75) is 19.8 Å². The van der Waals surface area contributed by atoms with Gasteiger partial charge in [0.25, 0.3) is 0 Å². The Bertz CT molecular complexity index is 226. The SMILES string of the molecule is Cc1ccnc(CCCN)c1.Cl. The van der Waals surface area contributed by atoms with Crippen LogP contribution in [-0.2, 0) is 6.42 Å². The molecule has 1 rings (SSSR count). The van der Waals surface area contributed by atoms with Gasteiger partial charge in [-0.3, -0.25) is 4.98 Å². The van der Waals surface area contributed by atoms with Gasteiger partial charge in [0.15, 0.2) is 0 Å². The Morgan fingerprint density at radius 1 is 1.50 bits per heavy atom. The van der Waals surface area contributed by atoms with E-state index in [-0.39, 0.29) is 12.4 Å². The molecule has 12 heavy (non-hydrogen) atoms. The van der Waals surface area contributed by atoms with E-state index in [2.05, 4.69) is 18.0 Å². The van der Waals surface area contributed by atoms with E-state index >= 15 is 0 Å². The van der Waals surface area contributed by atoms with Crippen LogP contribution in [0.2, 0.25) is 0 Å². The smallest absolute Gasteiger partial charge is 0.0406 e. The summed E-state index contributed by atoms with van der Waals surface area (Å²) in [6.07, 6.45) is 3.87. The second kappa shape index (κ2) is 5.98. The number of hydrogen-bond acceptors (Lipinski definition) is 2. The fourth-order valence-corrected chi connectivity index (χ4v) is 1.02. The van der Waals surface area contributed by atoms with Crippen molar-refractivity contribution >= 4 is 12.4 Å². The summed E-state index contributed by atoms with van der Waals surface area (Å²) in [5.74, 6) is 0. The number of rotatable bonds is 3. The summed E-state index contributed by atoms with van der Waals surface area (Å²) in [6, 6.07) is 4.11. The molecule has 1 aromatic heterocycles. The minimum absolute atomic E-state index is 0. The molecule has 2 N–H and O–H groups in total. The van der Waals surface area contributed by atoms with Crippen LogP contribution in [0.4, 0.5) is 0 Å². The van der Waals surface area contributed by atoms with E-state index in [9.17, 15) is 0 Å². The quantitative estimate of drug-likeness (QED) is 0.781. The molecule has 1 aromatic rings. The van der Waals surface area contributed by atoms with Crippen molar-refractivity contribution in [2.75, 3.05) is 6.54 Å². The van der Waals surface area contributed by atoms with E-state index in [0.717, 1.165) is 25.1 Å². The average Bonchev–Trinajstić information content (AvgIpc) is 2.01. The van der Waals surface area contributed by atoms with Crippen molar-refractivity contribution in [3.05, 3.63) is 29.6 Å². The third-order valence-electron chi connectivity index (χ3n) is 1.61. The van der Waals surface area contributed by atoms with E-state index in [1.165, 1.54) is 5.56 Å². The molecule has 1 heterocycles. The monoisotopic (exact) mass is 186 g/mol. The second-order valence-electron chi connectivity index (χ2n) is 2.72. The van der Waals surface area contributed by atoms with Crippen LogP contribution in [0.25, 0.3) is 0 Å². The summed E-state index contributed by atoms with van der Waals surface area (Å²) in [6.45, 7) is 2.82. The molecular weight excluding hydrogens is 172 g/mol. The van der Waals surface area contributed by atoms with Crippen molar-refractivity contribution in [1.82, 2.24) is 4.98 Å². The number of aromatic nitrogens is 1. The molecule has 0 saturated heterocycles. The normalized spacial score (nSPS) is 9.17. The first kappa shape index (κ1) is 11.4. The van der Waals surface area contributed by atoms with Gasteiger partial charge in [0.1, 0.15) is 0 Å². The van der Waals surface area contributed by atoms with E-state index < -0.39 is 0 Å². The highest BCUT2D eigenvalue weighted by molar-refractivity contribution is 5.85. The lowest BCUT2D eigenvalue weighted by Crippen LogP contribution is -2.01. The molecule has 0 aliphatic rings. The fraction of sp³-hybridized carbons (Fsp3) is 0.444. The van der Waals surface area contributed by atoms with Gasteiger partial charge < -0.3 is 5.73 Å². The molecule has 0 spiro atoms. The van der Waals surface area contributed by atoms with Crippen LogP contribution < -0.4 is 5.73 Å². The Morgan fingerprint density at radius 3 is 2.83 bits per heavy atom. The molecule has 0 unspecified atom stereocenters. The number of hydrogen-bond donors (Lipinski definition) is 1. The molecule has 0 aliphatic heterocycles. The molecule has 68 valence electrons. The van der Waals surface area contributed by atoms with Gasteiger partial charge in [-0.2, -0.15) is 0 Å². The number of nitrogens with two attached hydrogens (primary N) is 1. The Hall–Kier alpha value is -0.600. The minimum Gasteiger partial charge on any atom is -0.330 e. The van der Waals surface area contributed by atoms with Crippen LogP contribution >= 0.6 is 12.4 Å². The van der Waals surface area contributed by atoms with E-state index in [0.29, 0.717) is 0 Å². The van der Waals surface area contributed by atoms with E-state index in [1.54, 1.807) is 0 Å². The van der Waals surface area contributed by atoms with Crippen LogP contribution in [0, 0.1) is 6.92 Å². The number of pyridine rings is 1. The molecule has 2 nitrogen and oxygen atoms in total. The maximum Gasteiger partial charge on any atom is 0.0406 e. The highest BCUT2D eigenvalue weighted by Crippen LogP contribution is 2.01. The van der Waals surface area contributed by atoms with Gasteiger partial charge in [-0.05, 0) is 44.0 Å². The molecular formula is C9H15ClN2. The Kier molecular flexibility index (Phi) is 5.68. The first-order chi connectivity index (χ1) is 5.33. The van der Waals surface area contributed by atoms with Crippen LogP contribution in [0.5, 0.6) is 0 Å². The zero-order chi connectivity index (χ0) is 8.10. The summed E-state index contributed by atoms with van der Waals surface area (Å²) >= 11 is 0. The Morgan fingerprint density at radius 2 is 2.25 bits per heavy atom. The van der Waals surface area contributed by atoms with E-state index in [4.69, 9.17) is 5.73 Å². The maximum absolute atomic E-state index is 5.39. The second-order valence-corrected chi connectivity index (χ2v) is 2.72. The Balaban J connectivity index is 0.00000121. The zero-order valence-electron chi connectivity index (χ0n) is 7.29. The molecule has 0 amide bonds. The molecule has 0 atom stereocenters. The van der Waals surface area contributed by atoms with Crippen LogP contribution in [0.3, 0.4) is 0 Å². The molecule has 0 aromatic carbocycles. The van der Waals surface area contributed by atoms with Gasteiger partial charge in [-0.25, -0.2) is 0 Å². The zero-order valence-corrected chi connectivity index (χ0v) is 8.10. The molecule has 0 aliphatic carbocycles. The predicted molar refractivity (Wildman–Crippen MR) is 53.6 cm³/mol. The highest BCUT2D eigenvalue weighted by atomic mass is 35.5. The Labute approximate surface area is 79.6 Å². The van der Waals surface area contributed by atoms with Gasteiger partial charge in [0, 0.05) is 11.9 Å². The molecule has 0 radical (unpaired) electrons. The summed E-state index contributed by atoms with van der Waals surface area (Å²) in [7, 11) is 0. The van der Waals surface area contributed by atoms with Crippen molar-refractivity contribution in [3.63, 3.8) is 0 Å². The van der Waals surface area contributed by atoms with E-state index in [1.807, 2.05) is 12.3 Å². The summed E-state index contributed by atoms with van der Waals surface area (Å²) in [5, 5.41) is 0. The van der Waals surface area contributed by atoms with Crippen molar-refractivity contribution in [2.24, 2.45) is 5.73 Å². The van der Waals surface area contributed by atoms with Gasteiger partial charge in [0.2, 0.25) is 0 Å². The van der Waals surface area contributed by atoms with Crippen molar-refractivity contribution in [3.8, 4) is 0 Å². The van der Waals surface area contributed by atoms with Crippen LogP contribution in [0.1, 0.15) is 17.7 Å². The van der Waals surface area contributed by atoms with Gasteiger partial charge in [0.05, 0.1) is 0 Å². The molecule has 0 fully saturated rings. The van der Waals surface area contributed by atoms with Crippen LogP contribution in [0.15, 0.2) is 18.3 Å². The lowest BCUT2D eigenvalue weighted by atomic mass is 10.2. The average molecular weight is 187 g/mol.